The second-order valence-electron chi connectivity index (χ2n) is 7.24. The third kappa shape index (κ3) is 3.83. The predicted molar refractivity (Wildman–Crippen MR) is 94.9 cm³/mol. The molecule has 150 valence electrons. The molecule has 1 saturated heterocycles. The van der Waals surface area contributed by atoms with E-state index in [1.54, 1.807) is 17.0 Å². The summed E-state index contributed by atoms with van der Waals surface area (Å²) < 4.78 is 45.6. The van der Waals surface area contributed by atoms with Crippen molar-refractivity contribution in [3.05, 3.63) is 41.1 Å². The molecule has 1 N–H and O–H groups in total. The number of amides is 1. The van der Waals surface area contributed by atoms with E-state index in [0.717, 1.165) is 25.7 Å². The lowest BCUT2D eigenvalue weighted by molar-refractivity contribution is -0.142. The lowest BCUT2D eigenvalue weighted by atomic mass is 9.94. The molecule has 9 heteroatoms. The molecule has 2 aliphatic rings. The summed E-state index contributed by atoms with van der Waals surface area (Å²) in [5.41, 5.74) is -0.128. The number of rotatable bonds is 3. The summed E-state index contributed by atoms with van der Waals surface area (Å²) >= 11 is 0. The number of piperidine rings is 1. The quantitative estimate of drug-likeness (QED) is 0.860. The lowest BCUT2D eigenvalue weighted by Crippen LogP contribution is -2.45. The highest BCUT2D eigenvalue weighted by atomic mass is 19.4. The van der Waals surface area contributed by atoms with E-state index in [2.05, 4.69) is 15.3 Å². The SMILES string of the molecule is O=C(c1ccco1)N1CCCC(Nc2nc3c(c(C(F)(F)F)n2)CCCC3)C1. The van der Waals surface area contributed by atoms with Crippen molar-refractivity contribution in [3.8, 4) is 0 Å². The van der Waals surface area contributed by atoms with Crippen molar-refractivity contribution in [3.63, 3.8) is 0 Å². The molecule has 1 aliphatic heterocycles. The summed E-state index contributed by atoms with van der Waals surface area (Å²) in [5, 5.41) is 3.03. The first kappa shape index (κ1) is 18.8. The average Bonchev–Trinajstić information content (AvgIpc) is 3.21. The van der Waals surface area contributed by atoms with E-state index in [1.165, 1.54) is 6.26 Å². The summed E-state index contributed by atoms with van der Waals surface area (Å²) in [6.07, 6.45) is 0.836. The Hall–Kier alpha value is -2.58. The van der Waals surface area contributed by atoms with Gasteiger partial charge in [0, 0.05) is 30.4 Å². The summed E-state index contributed by atoms with van der Waals surface area (Å²) in [7, 11) is 0. The Morgan fingerprint density at radius 1 is 1.21 bits per heavy atom. The van der Waals surface area contributed by atoms with Gasteiger partial charge in [0.05, 0.1) is 6.26 Å². The molecule has 2 aromatic heterocycles. The van der Waals surface area contributed by atoms with Crippen LogP contribution in [0, 0.1) is 0 Å². The number of furan rings is 1. The van der Waals surface area contributed by atoms with Crippen molar-refractivity contribution >= 4 is 11.9 Å². The van der Waals surface area contributed by atoms with Gasteiger partial charge in [0.25, 0.3) is 5.91 Å². The standard InChI is InChI=1S/C19H21F3N4O2/c20-19(21,22)16-13-6-1-2-7-14(13)24-18(25-16)23-12-5-3-9-26(11-12)17(27)15-8-4-10-28-15/h4,8,10,12H,1-3,5-7,9,11H2,(H,23,24,25). The largest absolute Gasteiger partial charge is 0.459 e. The van der Waals surface area contributed by atoms with E-state index < -0.39 is 11.9 Å². The zero-order valence-corrected chi connectivity index (χ0v) is 15.3. The van der Waals surface area contributed by atoms with Crippen LogP contribution in [0.3, 0.4) is 0 Å². The van der Waals surface area contributed by atoms with Crippen LogP contribution < -0.4 is 5.32 Å². The topological polar surface area (TPSA) is 71.3 Å². The van der Waals surface area contributed by atoms with Gasteiger partial charge in [-0.2, -0.15) is 13.2 Å². The fourth-order valence-corrected chi connectivity index (χ4v) is 3.91. The molecule has 0 radical (unpaired) electrons. The number of nitrogens with zero attached hydrogens (tertiary/aromatic N) is 3. The zero-order chi connectivity index (χ0) is 19.7. The fourth-order valence-electron chi connectivity index (χ4n) is 3.91. The molecule has 2 aromatic rings. The van der Waals surface area contributed by atoms with Crippen LogP contribution >= 0.6 is 0 Å². The van der Waals surface area contributed by atoms with Crippen LogP contribution in [0.5, 0.6) is 0 Å². The van der Waals surface area contributed by atoms with Crippen LogP contribution in [0.2, 0.25) is 0 Å². The monoisotopic (exact) mass is 394 g/mol. The van der Waals surface area contributed by atoms with E-state index in [0.29, 0.717) is 31.6 Å². The van der Waals surface area contributed by atoms with Crippen molar-refractivity contribution in [2.24, 2.45) is 0 Å². The van der Waals surface area contributed by atoms with E-state index in [9.17, 15) is 18.0 Å². The van der Waals surface area contributed by atoms with Gasteiger partial charge in [-0.25, -0.2) is 9.97 Å². The van der Waals surface area contributed by atoms with Crippen molar-refractivity contribution in [2.75, 3.05) is 18.4 Å². The number of hydrogen-bond acceptors (Lipinski definition) is 5. The number of carbonyl (C=O) groups is 1. The maximum atomic E-state index is 13.5. The van der Waals surface area contributed by atoms with Gasteiger partial charge in [-0.3, -0.25) is 4.79 Å². The van der Waals surface area contributed by atoms with Crippen LogP contribution in [0.25, 0.3) is 0 Å². The van der Waals surface area contributed by atoms with Crippen molar-refractivity contribution in [1.29, 1.82) is 0 Å². The molecular weight excluding hydrogens is 373 g/mol. The van der Waals surface area contributed by atoms with E-state index >= 15 is 0 Å². The first-order chi connectivity index (χ1) is 13.4. The highest BCUT2D eigenvalue weighted by molar-refractivity contribution is 5.91. The Labute approximate surface area is 160 Å². The zero-order valence-electron chi connectivity index (χ0n) is 15.3. The molecule has 0 bridgehead atoms. The first-order valence-corrected chi connectivity index (χ1v) is 9.48. The van der Waals surface area contributed by atoms with E-state index in [1.807, 2.05) is 0 Å². The van der Waals surface area contributed by atoms with Gasteiger partial charge < -0.3 is 14.6 Å². The summed E-state index contributed by atoms with van der Waals surface area (Å²) in [6, 6.07) is 3.03. The summed E-state index contributed by atoms with van der Waals surface area (Å²) in [6.45, 7) is 0.942. The number of aromatic nitrogens is 2. The Morgan fingerprint density at radius 2 is 2.04 bits per heavy atom. The third-order valence-corrected chi connectivity index (χ3v) is 5.23. The van der Waals surface area contributed by atoms with Crippen molar-refractivity contribution in [1.82, 2.24) is 14.9 Å². The Kier molecular flexibility index (Phi) is 4.99. The summed E-state index contributed by atoms with van der Waals surface area (Å²) in [4.78, 5) is 22.3. The second kappa shape index (κ2) is 7.44. The number of aryl methyl sites for hydroxylation is 1. The van der Waals surface area contributed by atoms with Gasteiger partial charge in [-0.1, -0.05) is 0 Å². The number of nitrogens with one attached hydrogen (secondary N) is 1. The van der Waals surface area contributed by atoms with Gasteiger partial charge in [-0.15, -0.1) is 0 Å². The number of fused-ring (bicyclic) bond motifs is 1. The van der Waals surface area contributed by atoms with Crippen molar-refractivity contribution < 1.29 is 22.4 Å². The van der Waals surface area contributed by atoms with Crippen LogP contribution in [0.1, 0.15) is 53.2 Å². The number of anilines is 1. The van der Waals surface area contributed by atoms with Gasteiger partial charge in [0.1, 0.15) is 0 Å². The highest BCUT2D eigenvalue weighted by Crippen LogP contribution is 2.35. The third-order valence-electron chi connectivity index (χ3n) is 5.23. The first-order valence-electron chi connectivity index (χ1n) is 9.48. The van der Waals surface area contributed by atoms with Gasteiger partial charge in [0.15, 0.2) is 11.5 Å². The molecular formula is C19H21F3N4O2. The Bertz CT molecular complexity index is 852. The molecule has 1 aliphatic carbocycles. The maximum absolute atomic E-state index is 13.5. The second-order valence-corrected chi connectivity index (χ2v) is 7.24. The molecule has 1 unspecified atom stereocenters. The van der Waals surface area contributed by atoms with Gasteiger partial charge >= 0.3 is 6.18 Å². The van der Waals surface area contributed by atoms with E-state index in [4.69, 9.17) is 4.42 Å². The molecule has 6 nitrogen and oxygen atoms in total. The average molecular weight is 394 g/mol. The summed E-state index contributed by atoms with van der Waals surface area (Å²) in [5.74, 6) is 0.0224. The lowest BCUT2D eigenvalue weighted by Gasteiger charge is -2.33. The van der Waals surface area contributed by atoms with Gasteiger partial charge in [0.2, 0.25) is 5.95 Å². The smallest absolute Gasteiger partial charge is 0.433 e. The fraction of sp³-hybridized carbons (Fsp3) is 0.526. The minimum absolute atomic E-state index is 0.00901. The maximum Gasteiger partial charge on any atom is 0.433 e. The van der Waals surface area contributed by atoms with Crippen LogP contribution in [-0.4, -0.2) is 39.9 Å². The van der Waals surface area contributed by atoms with Crippen molar-refractivity contribution in [2.45, 2.75) is 50.7 Å². The number of alkyl halides is 3. The van der Waals surface area contributed by atoms with E-state index in [-0.39, 0.29) is 29.2 Å². The van der Waals surface area contributed by atoms with Crippen LogP contribution in [0.15, 0.2) is 22.8 Å². The number of hydrogen-bond donors (Lipinski definition) is 1. The molecule has 28 heavy (non-hydrogen) atoms. The van der Waals surface area contributed by atoms with Crippen LogP contribution in [0.4, 0.5) is 19.1 Å². The molecule has 0 aromatic carbocycles. The molecule has 1 atom stereocenters. The Morgan fingerprint density at radius 3 is 2.79 bits per heavy atom. The van der Waals surface area contributed by atoms with Gasteiger partial charge in [-0.05, 0) is 50.7 Å². The minimum Gasteiger partial charge on any atom is -0.459 e. The molecule has 1 fully saturated rings. The number of carbonyl (C=O) groups excluding carboxylic acids is 1. The minimum atomic E-state index is -4.51. The molecule has 0 saturated carbocycles. The number of halogens is 3. The highest BCUT2D eigenvalue weighted by Gasteiger charge is 2.38. The number of likely N-dealkylation sites (tertiary alicyclic amines) is 1. The molecule has 4 rings (SSSR count). The predicted octanol–water partition coefficient (Wildman–Crippen LogP) is 3.68. The molecule has 3 heterocycles. The normalized spacial score (nSPS) is 20.0. The molecule has 1 amide bonds. The Balaban J connectivity index is 1.53. The van der Waals surface area contributed by atoms with Crippen LogP contribution in [-0.2, 0) is 19.0 Å². The molecule has 0 spiro atoms.